The minimum atomic E-state index is -3.20. The highest BCUT2D eigenvalue weighted by Gasteiger charge is 2.29. The zero-order chi connectivity index (χ0) is 11.5. The smallest absolute Gasteiger partial charge is 0.215 e. The van der Waals surface area contributed by atoms with Crippen molar-refractivity contribution in [2.75, 3.05) is 6.54 Å². The summed E-state index contributed by atoms with van der Waals surface area (Å²) in [5.74, 6) is 0.635. The second-order valence-electron chi connectivity index (χ2n) is 4.54. The molecule has 0 aromatic rings. The van der Waals surface area contributed by atoms with Gasteiger partial charge >= 0.3 is 0 Å². The molecule has 3 unspecified atom stereocenters. The molecule has 0 bridgehead atoms. The maximum absolute atomic E-state index is 11.9. The fraction of sp³-hybridized carbons (Fsp3) is 1.00. The lowest BCUT2D eigenvalue weighted by atomic mass is 10.1. The van der Waals surface area contributed by atoms with E-state index >= 15 is 0 Å². The van der Waals surface area contributed by atoms with Gasteiger partial charge in [0.15, 0.2) is 0 Å². The Morgan fingerprint density at radius 2 is 2.13 bits per heavy atom. The van der Waals surface area contributed by atoms with E-state index in [1.54, 1.807) is 0 Å². The van der Waals surface area contributed by atoms with Crippen molar-refractivity contribution >= 4 is 10.0 Å². The summed E-state index contributed by atoms with van der Waals surface area (Å²) in [6, 6.07) is 0.130. The first kappa shape index (κ1) is 12.9. The van der Waals surface area contributed by atoms with E-state index in [1.165, 1.54) is 0 Å². The zero-order valence-corrected chi connectivity index (χ0v) is 10.4. The maximum Gasteiger partial charge on any atom is 0.215 e. The molecule has 1 aliphatic rings. The van der Waals surface area contributed by atoms with Crippen LogP contribution >= 0.6 is 0 Å². The first-order valence-electron chi connectivity index (χ1n) is 5.70. The van der Waals surface area contributed by atoms with Crippen molar-refractivity contribution in [3.8, 4) is 0 Å². The van der Waals surface area contributed by atoms with Gasteiger partial charge in [0.05, 0.1) is 5.25 Å². The van der Waals surface area contributed by atoms with Gasteiger partial charge in [-0.05, 0) is 31.6 Å². The quantitative estimate of drug-likeness (QED) is 0.740. The molecule has 0 heterocycles. The van der Waals surface area contributed by atoms with Crippen molar-refractivity contribution in [1.82, 2.24) is 4.72 Å². The molecule has 0 aromatic heterocycles. The molecular formula is C10H22N2O2S. The summed E-state index contributed by atoms with van der Waals surface area (Å²) in [7, 11) is -3.20. The predicted octanol–water partition coefficient (Wildman–Crippen LogP) is 0.832. The molecule has 4 nitrogen and oxygen atoms in total. The molecule has 0 spiro atoms. The van der Waals surface area contributed by atoms with E-state index in [-0.39, 0.29) is 12.6 Å². The van der Waals surface area contributed by atoms with Crippen LogP contribution in [0.2, 0.25) is 0 Å². The lowest BCUT2D eigenvalue weighted by Crippen LogP contribution is -2.42. The molecule has 0 radical (unpaired) electrons. The minimum absolute atomic E-state index is 0.130. The van der Waals surface area contributed by atoms with E-state index < -0.39 is 15.3 Å². The Balaban J connectivity index is 2.56. The van der Waals surface area contributed by atoms with Gasteiger partial charge in [0, 0.05) is 12.6 Å². The highest BCUT2D eigenvalue weighted by atomic mass is 32.2. The second-order valence-corrected chi connectivity index (χ2v) is 6.54. The van der Waals surface area contributed by atoms with Crippen molar-refractivity contribution in [2.45, 2.75) is 50.8 Å². The van der Waals surface area contributed by atoms with Gasteiger partial charge in [-0.1, -0.05) is 13.8 Å². The van der Waals surface area contributed by atoms with Crippen LogP contribution in [0.25, 0.3) is 0 Å². The third-order valence-electron chi connectivity index (χ3n) is 3.18. The Hall–Kier alpha value is -0.130. The first-order valence-corrected chi connectivity index (χ1v) is 7.25. The summed E-state index contributed by atoms with van der Waals surface area (Å²) in [4.78, 5) is 0. The summed E-state index contributed by atoms with van der Waals surface area (Å²) >= 11 is 0. The van der Waals surface area contributed by atoms with E-state index in [1.807, 2.05) is 6.92 Å². The number of sulfonamides is 1. The van der Waals surface area contributed by atoms with Gasteiger partial charge < -0.3 is 5.73 Å². The van der Waals surface area contributed by atoms with Gasteiger partial charge in [-0.3, -0.25) is 0 Å². The topological polar surface area (TPSA) is 72.2 Å². The molecule has 1 saturated carbocycles. The molecule has 3 N–H and O–H groups in total. The molecule has 5 heteroatoms. The summed E-state index contributed by atoms with van der Waals surface area (Å²) in [6.45, 7) is 4.22. The zero-order valence-electron chi connectivity index (χ0n) is 9.57. The van der Waals surface area contributed by atoms with Gasteiger partial charge in [0.25, 0.3) is 0 Å². The second kappa shape index (κ2) is 5.27. The van der Waals surface area contributed by atoms with E-state index in [2.05, 4.69) is 11.6 Å². The Labute approximate surface area is 92.7 Å². The van der Waals surface area contributed by atoms with Gasteiger partial charge in [-0.2, -0.15) is 0 Å². The van der Waals surface area contributed by atoms with Crippen LogP contribution in [-0.2, 0) is 10.0 Å². The van der Waals surface area contributed by atoms with Gasteiger partial charge in [0.2, 0.25) is 10.0 Å². The fourth-order valence-electron chi connectivity index (χ4n) is 2.16. The summed E-state index contributed by atoms with van der Waals surface area (Å²) in [5, 5.41) is -0.437. The van der Waals surface area contributed by atoms with Crippen molar-refractivity contribution in [2.24, 2.45) is 11.7 Å². The van der Waals surface area contributed by atoms with Crippen molar-refractivity contribution in [3.05, 3.63) is 0 Å². The SMILES string of the molecule is CCC(CN)S(=O)(=O)NC1CCC(C)C1. The van der Waals surface area contributed by atoms with Gasteiger partial charge in [0.1, 0.15) is 0 Å². The van der Waals surface area contributed by atoms with Crippen molar-refractivity contribution in [1.29, 1.82) is 0 Å². The van der Waals surface area contributed by atoms with E-state index in [9.17, 15) is 8.42 Å². The molecule has 1 aliphatic carbocycles. The largest absolute Gasteiger partial charge is 0.329 e. The average molecular weight is 234 g/mol. The van der Waals surface area contributed by atoms with Crippen molar-refractivity contribution < 1.29 is 8.42 Å². The third kappa shape index (κ3) is 3.43. The Kier molecular flexibility index (Phi) is 4.55. The Bertz CT molecular complexity index is 286. The molecule has 0 amide bonds. The Morgan fingerprint density at radius 1 is 1.47 bits per heavy atom. The van der Waals surface area contributed by atoms with E-state index in [0.29, 0.717) is 12.3 Å². The van der Waals surface area contributed by atoms with E-state index in [4.69, 9.17) is 5.73 Å². The highest BCUT2D eigenvalue weighted by molar-refractivity contribution is 7.90. The highest BCUT2D eigenvalue weighted by Crippen LogP contribution is 2.25. The molecule has 0 aromatic carbocycles. The normalized spacial score (nSPS) is 29.3. The number of rotatable bonds is 5. The van der Waals surface area contributed by atoms with Crippen molar-refractivity contribution in [3.63, 3.8) is 0 Å². The van der Waals surface area contributed by atoms with Gasteiger partial charge in [-0.15, -0.1) is 0 Å². The van der Waals surface area contributed by atoms with Crippen LogP contribution in [0.3, 0.4) is 0 Å². The van der Waals surface area contributed by atoms with Crippen LogP contribution in [0.5, 0.6) is 0 Å². The molecular weight excluding hydrogens is 212 g/mol. The summed E-state index contributed by atoms with van der Waals surface area (Å²) in [6.07, 6.45) is 3.61. The Morgan fingerprint density at radius 3 is 2.53 bits per heavy atom. The minimum Gasteiger partial charge on any atom is -0.329 e. The molecule has 1 rings (SSSR count). The van der Waals surface area contributed by atoms with Crippen LogP contribution in [0.15, 0.2) is 0 Å². The van der Waals surface area contributed by atoms with Crippen LogP contribution < -0.4 is 10.5 Å². The van der Waals surface area contributed by atoms with Crippen LogP contribution in [0.1, 0.15) is 39.5 Å². The monoisotopic (exact) mass is 234 g/mol. The number of hydrogen-bond donors (Lipinski definition) is 2. The lowest BCUT2D eigenvalue weighted by molar-refractivity contribution is 0.525. The summed E-state index contributed by atoms with van der Waals surface area (Å²) in [5.41, 5.74) is 5.45. The van der Waals surface area contributed by atoms with Crippen LogP contribution in [-0.4, -0.2) is 26.3 Å². The molecule has 1 fully saturated rings. The molecule has 15 heavy (non-hydrogen) atoms. The maximum atomic E-state index is 11.9. The van der Waals surface area contributed by atoms with Crippen LogP contribution in [0.4, 0.5) is 0 Å². The van der Waals surface area contributed by atoms with Crippen LogP contribution in [0, 0.1) is 5.92 Å². The van der Waals surface area contributed by atoms with Gasteiger partial charge in [-0.25, -0.2) is 13.1 Å². The average Bonchev–Trinajstić information content (AvgIpc) is 2.51. The predicted molar refractivity (Wildman–Crippen MR) is 62.0 cm³/mol. The lowest BCUT2D eigenvalue weighted by Gasteiger charge is -2.18. The molecule has 0 aliphatic heterocycles. The molecule has 0 saturated heterocycles. The third-order valence-corrected chi connectivity index (χ3v) is 5.25. The first-order chi connectivity index (χ1) is 6.99. The molecule has 3 atom stereocenters. The number of nitrogens with two attached hydrogens (primary N) is 1. The standard InChI is InChI=1S/C10H22N2O2S/c1-3-10(7-11)15(13,14)12-9-5-4-8(2)6-9/h8-10,12H,3-7,11H2,1-2H3. The fourth-order valence-corrected chi connectivity index (χ4v) is 3.72. The molecule has 90 valence electrons. The van der Waals surface area contributed by atoms with E-state index in [0.717, 1.165) is 19.3 Å². The number of hydrogen-bond acceptors (Lipinski definition) is 3. The number of nitrogens with one attached hydrogen (secondary N) is 1. The summed E-state index contributed by atoms with van der Waals surface area (Å²) < 4.78 is 26.5.